The quantitative estimate of drug-likeness (QED) is 0.759. The minimum atomic E-state index is -0.690. The minimum absolute atomic E-state index is 0.157. The molecule has 0 aliphatic rings. The molecule has 0 heterocycles. The van der Waals surface area contributed by atoms with Crippen molar-refractivity contribution >= 4 is 21.7 Å². The predicted molar refractivity (Wildman–Crippen MR) is 66.8 cm³/mol. The van der Waals surface area contributed by atoms with Crippen LogP contribution in [0.4, 0.5) is 8.78 Å². The Balaban J connectivity index is 3.04. The van der Waals surface area contributed by atoms with Gasteiger partial charge in [0.15, 0.2) is 0 Å². The van der Waals surface area contributed by atoms with E-state index in [0.717, 1.165) is 6.07 Å². The topological polar surface area (TPSA) is 17.1 Å². The van der Waals surface area contributed by atoms with E-state index in [1.165, 1.54) is 6.07 Å². The molecule has 0 atom stereocenters. The number of hydrogen-bond acceptors (Lipinski definition) is 1. The number of carbonyl (C=O) groups is 1. The van der Waals surface area contributed by atoms with Crippen LogP contribution in [0.3, 0.4) is 0 Å². The van der Waals surface area contributed by atoms with Crippen molar-refractivity contribution in [2.75, 3.05) is 0 Å². The van der Waals surface area contributed by atoms with Gasteiger partial charge in [-0.25, -0.2) is 8.78 Å². The van der Waals surface area contributed by atoms with Gasteiger partial charge in [0.1, 0.15) is 17.4 Å². The van der Waals surface area contributed by atoms with Gasteiger partial charge in [0.05, 0.1) is 4.47 Å². The van der Waals surface area contributed by atoms with Crippen LogP contribution < -0.4 is 0 Å². The summed E-state index contributed by atoms with van der Waals surface area (Å²) in [5, 5.41) is 0. The molecule has 0 aliphatic heterocycles. The first-order valence-electron chi connectivity index (χ1n) is 5.45. The van der Waals surface area contributed by atoms with Gasteiger partial charge in [-0.1, -0.05) is 20.8 Å². The van der Waals surface area contributed by atoms with Crippen molar-refractivity contribution in [2.45, 2.75) is 33.6 Å². The van der Waals surface area contributed by atoms with Gasteiger partial charge in [-0.3, -0.25) is 4.79 Å². The molecule has 1 aromatic rings. The summed E-state index contributed by atoms with van der Waals surface area (Å²) < 4.78 is 27.3. The molecule has 0 saturated carbocycles. The van der Waals surface area contributed by atoms with Crippen molar-refractivity contribution in [3.05, 3.63) is 33.8 Å². The van der Waals surface area contributed by atoms with Gasteiger partial charge < -0.3 is 0 Å². The van der Waals surface area contributed by atoms with Crippen molar-refractivity contribution in [2.24, 2.45) is 5.41 Å². The summed E-state index contributed by atoms with van der Waals surface area (Å²) in [7, 11) is 0. The molecule has 1 rings (SSSR count). The molecule has 0 amide bonds. The molecule has 0 aliphatic carbocycles. The molecule has 1 aromatic carbocycles. The van der Waals surface area contributed by atoms with Crippen LogP contribution in [0.5, 0.6) is 0 Å². The number of rotatable bonds is 4. The van der Waals surface area contributed by atoms with Gasteiger partial charge in [-0.05, 0) is 34.5 Å². The summed E-state index contributed by atoms with van der Waals surface area (Å²) in [6, 6.07) is 2.46. The highest BCUT2D eigenvalue weighted by atomic mass is 79.9. The molecular formula is C13H15BrF2O. The monoisotopic (exact) mass is 304 g/mol. The van der Waals surface area contributed by atoms with E-state index in [1.807, 2.05) is 6.92 Å². The van der Waals surface area contributed by atoms with E-state index in [0.29, 0.717) is 6.42 Å². The van der Waals surface area contributed by atoms with Crippen LogP contribution in [0.15, 0.2) is 16.6 Å². The van der Waals surface area contributed by atoms with Crippen LogP contribution in [0.1, 0.15) is 32.8 Å². The first-order chi connectivity index (χ1) is 7.79. The first kappa shape index (κ1) is 14.3. The standard InChI is InChI=1S/C13H15BrF2O/c1-4-13(2,3)11(17)7-8-10(15)6-5-9(14)12(8)16/h5-6H,4,7H2,1-3H3. The lowest BCUT2D eigenvalue weighted by molar-refractivity contribution is -0.126. The number of ketones is 1. The third-order valence-corrected chi connectivity index (χ3v) is 3.73. The third-order valence-electron chi connectivity index (χ3n) is 3.11. The Morgan fingerprint density at radius 1 is 1.35 bits per heavy atom. The lowest BCUT2D eigenvalue weighted by Crippen LogP contribution is -2.25. The molecule has 0 spiro atoms. The summed E-state index contributed by atoms with van der Waals surface area (Å²) in [6.07, 6.45) is 0.432. The van der Waals surface area contributed by atoms with Gasteiger partial charge in [0.2, 0.25) is 0 Å². The molecule has 4 heteroatoms. The second-order valence-corrected chi connectivity index (χ2v) is 5.51. The zero-order valence-electron chi connectivity index (χ0n) is 10.1. The normalized spacial score (nSPS) is 11.6. The molecule has 0 saturated heterocycles. The van der Waals surface area contributed by atoms with Crippen LogP contribution >= 0.6 is 15.9 Å². The molecule has 17 heavy (non-hydrogen) atoms. The maximum atomic E-state index is 13.7. The minimum Gasteiger partial charge on any atom is -0.299 e. The molecule has 0 N–H and O–H groups in total. The van der Waals surface area contributed by atoms with Gasteiger partial charge in [-0.15, -0.1) is 0 Å². The van der Waals surface area contributed by atoms with E-state index in [2.05, 4.69) is 15.9 Å². The van der Waals surface area contributed by atoms with E-state index in [-0.39, 0.29) is 22.2 Å². The summed E-state index contributed by atoms with van der Waals surface area (Å²) in [5.74, 6) is -1.52. The molecule has 1 nitrogen and oxygen atoms in total. The van der Waals surface area contributed by atoms with Crippen LogP contribution in [0.2, 0.25) is 0 Å². The summed E-state index contributed by atoms with van der Waals surface area (Å²) >= 11 is 2.98. The molecule has 0 aromatic heterocycles. The molecule has 94 valence electrons. The Morgan fingerprint density at radius 2 is 1.94 bits per heavy atom. The zero-order valence-corrected chi connectivity index (χ0v) is 11.7. The van der Waals surface area contributed by atoms with Gasteiger partial charge in [0, 0.05) is 17.4 Å². The third kappa shape index (κ3) is 3.12. The van der Waals surface area contributed by atoms with Gasteiger partial charge in [-0.2, -0.15) is 0 Å². The smallest absolute Gasteiger partial charge is 0.143 e. The van der Waals surface area contributed by atoms with Crippen molar-refractivity contribution in [3.8, 4) is 0 Å². The Bertz CT molecular complexity index is 441. The lowest BCUT2D eigenvalue weighted by Gasteiger charge is -2.21. The molecule has 0 radical (unpaired) electrons. The second kappa shape index (κ2) is 5.25. The van der Waals surface area contributed by atoms with Crippen LogP contribution in [0, 0.1) is 17.0 Å². The van der Waals surface area contributed by atoms with Crippen molar-refractivity contribution < 1.29 is 13.6 Å². The number of Topliss-reactive ketones (excluding diaryl/α,β-unsaturated/α-hetero) is 1. The number of halogens is 3. The Labute approximate surface area is 108 Å². The van der Waals surface area contributed by atoms with Crippen molar-refractivity contribution in [1.82, 2.24) is 0 Å². The van der Waals surface area contributed by atoms with Crippen LogP contribution in [-0.4, -0.2) is 5.78 Å². The van der Waals surface area contributed by atoms with Crippen molar-refractivity contribution in [3.63, 3.8) is 0 Å². The van der Waals surface area contributed by atoms with Gasteiger partial charge >= 0.3 is 0 Å². The highest BCUT2D eigenvalue weighted by Gasteiger charge is 2.27. The predicted octanol–water partition coefficient (Wildman–Crippen LogP) is 4.28. The fraction of sp³-hybridized carbons (Fsp3) is 0.462. The average molecular weight is 305 g/mol. The average Bonchev–Trinajstić information content (AvgIpc) is 2.29. The number of carbonyl (C=O) groups excluding carboxylic acids is 1. The summed E-state index contributed by atoms with van der Waals surface area (Å²) in [4.78, 5) is 11.9. The number of benzene rings is 1. The maximum Gasteiger partial charge on any atom is 0.143 e. The van der Waals surface area contributed by atoms with E-state index >= 15 is 0 Å². The summed E-state index contributed by atoms with van der Waals surface area (Å²) in [5.41, 5.74) is -0.716. The second-order valence-electron chi connectivity index (χ2n) is 4.66. The lowest BCUT2D eigenvalue weighted by atomic mass is 9.82. The van der Waals surface area contributed by atoms with Gasteiger partial charge in [0.25, 0.3) is 0 Å². The van der Waals surface area contributed by atoms with Crippen LogP contribution in [-0.2, 0) is 11.2 Å². The van der Waals surface area contributed by atoms with E-state index in [1.54, 1.807) is 13.8 Å². The molecule has 0 bridgehead atoms. The van der Waals surface area contributed by atoms with E-state index in [4.69, 9.17) is 0 Å². The fourth-order valence-corrected chi connectivity index (χ4v) is 1.70. The summed E-state index contributed by atoms with van der Waals surface area (Å²) in [6.45, 7) is 5.44. The zero-order chi connectivity index (χ0) is 13.2. The SMILES string of the molecule is CCC(C)(C)C(=O)Cc1c(F)ccc(Br)c1F. The van der Waals surface area contributed by atoms with Crippen molar-refractivity contribution in [1.29, 1.82) is 0 Å². The maximum absolute atomic E-state index is 13.7. The molecule has 0 fully saturated rings. The Kier molecular flexibility index (Phi) is 4.42. The van der Waals surface area contributed by atoms with E-state index in [9.17, 15) is 13.6 Å². The Hall–Kier alpha value is -0.770. The largest absolute Gasteiger partial charge is 0.299 e. The molecule has 0 unspecified atom stereocenters. The highest BCUT2D eigenvalue weighted by Crippen LogP contribution is 2.27. The fourth-order valence-electron chi connectivity index (χ4n) is 1.33. The Morgan fingerprint density at radius 3 is 2.47 bits per heavy atom. The van der Waals surface area contributed by atoms with E-state index < -0.39 is 17.0 Å². The number of hydrogen-bond donors (Lipinski definition) is 0. The highest BCUT2D eigenvalue weighted by molar-refractivity contribution is 9.10. The van der Waals surface area contributed by atoms with Crippen LogP contribution in [0.25, 0.3) is 0 Å². The molecular weight excluding hydrogens is 290 g/mol. The first-order valence-corrected chi connectivity index (χ1v) is 6.24.